The third-order valence-electron chi connectivity index (χ3n) is 5.62. The van der Waals surface area contributed by atoms with E-state index in [1.165, 1.54) is 12.0 Å². The van der Waals surface area contributed by atoms with Crippen LogP contribution in [0.15, 0.2) is 30.3 Å². The number of methoxy groups -OCH3 is 1. The predicted octanol–water partition coefficient (Wildman–Crippen LogP) is 4.28. The molecule has 10 heteroatoms. The van der Waals surface area contributed by atoms with Crippen LogP contribution in [-0.2, 0) is 17.7 Å². The lowest BCUT2D eigenvalue weighted by Gasteiger charge is -2.31. The van der Waals surface area contributed by atoms with E-state index in [9.17, 15) is 9.59 Å². The summed E-state index contributed by atoms with van der Waals surface area (Å²) in [5.74, 6) is 0.333. The topological polar surface area (TPSA) is 132 Å². The van der Waals surface area contributed by atoms with Crippen LogP contribution in [0, 0.1) is 10.8 Å². The van der Waals surface area contributed by atoms with Gasteiger partial charge >= 0.3 is 6.09 Å². The number of aromatic nitrogens is 1. The number of hydrogen-bond acceptors (Lipinski definition) is 7. The number of nitrogens with one attached hydrogen (secondary N) is 3. The van der Waals surface area contributed by atoms with Gasteiger partial charge in [0, 0.05) is 19.1 Å². The second-order valence-electron chi connectivity index (χ2n) is 9.81. The van der Waals surface area contributed by atoms with Crippen LogP contribution in [0.3, 0.4) is 0 Å². The van der Waals surface area contributed by atoms with Gasteiger partial charge in [-0.3, -0.25) is 15.6 Å². The van der Waals surface area contributed by atoms with Crippen LogP contribution >= 0.6 is 0 Å². The first-order valence-corrected chi connectivity index (χ1v) is 11.8. The summed E-state index contributed by atoms with van der Waals surface area (Å²) in [5, 5.41) is 18.7. The third kappa shape index (κ3) is 6.18. The summed E-state index contributed by atoms with van der Waals surface area (Å²) in [6.07, 6.45) is 1.31. The molecule has 0 atom stereocenters. The largest absolute Gasteiger partial charge is 0.496 e. The van der Waals surface area contributed by atoms with Crippen molar-refractivity contribution in [1.29, 1.82) is 10.8 Å². The van der Waals surface area contributed by atoms with Crippen LogP contribution in [0.25, 0.3) is 0 Å². The molecule has 1 aromatic carbocycles. The van der Waals surface area contributed by atoms with Gasteiger partial charge in [0.2, 0.25) is 0 Å². The number of amidine groups is 1. The molecular formula is C26H34N6O4. The first-order valence-electron chi connectivity index (χ1n) is 11.8. The number of hydrogen-bond donors (Lipinski definition) is 3. The van der Waals surface area contributed by atoms with E-state index in [4.69, 9.17) is 20.3 Å². The molecule has 0 spiro atoms. The van der Waals surface area contributed by atoms with Crippen LogP contribution in [-0.4, -0.2) is 64.3 Å². The zero-order chi connectivity index (χ0) is 26.6. The van der Waals surface area contributed by atoms with Crippen molar-refractivity contribution in [3.63, 3.8) is 0 Å². The Morgan fingerprint density at radius 1 is 1.22 bits per heavy atom. The first kappa shape index (κ1) is 26.7. The number of carbonyl (C=O) groups is 2. The van der Waals surface area contributed by atoms with Crippen molar-refractivity contribution in [2.24, 2.45) is 0 Å². The maximum atomic E-state index is 13.2. The number of pyridine rings is 1. The maximum Gasteiger partial charge on any atom is 0.410 e. The van der Waals surface area contributed by atoms with Crippen LogP contribution in [0.5, 0.6) is 5.75 Å². The monoisotopic (exact) mass is 494 g/mol. The van der Waals surface area contributed by atoms with Gasteiger partial charge in [-0.1, -0.05) is 6.07 Å². The number of nitrogens with zero attached hydrogens (tertiary/aromatic N) is 3. The summed E-state index contributed by atoms with van der Waals surface area (Å²) in [6.45, 7) is 10.1. The van der Waals surface area contributed by atoms with E-state index in [0.29, 0.717) is 36.5 Å². The van der Waals surface area contributed by atoms with Crippen molar-refractivity contribution < 1.29 is 19.1 Å². The Labute approximate surface area is 211 Å². The summed E-state index contributed by atoms with van der Waals surface area (Å²) < 4.78 is 11.0. The third-order valence-corrected chi connectivity index (χ3v) is 5.62. The minimum atomic E-state index is -0.592. The zero-order valence-electron chi connectivity index (χ0n) is 21.6. The van der Waals surface area contributed by atoms with Crippen molar-refractivity contribution in [1.82, 2.24) is 14.8 Å². The first-order chi connectivity index (χ1) is 16.9. The molecule has 0 saturated heterocycles. The fraction of sp³-hybridized carbons (Fsp3) is 0.423. The fourth-order valence-electron chi connectivity index (χ4n) is 3.84. The molecule has 36 heavy (non-hydrogen) atoms. The Morgan fingerprint density at radius 3 is 2.56 bits per heavy atom. The predicted molar refractivity (Wildman–Crippen MR) is 138 cm³/mol. The average molecular weight is 495 g/mol. The number of amides is 2. The molecule has 0 radical (unpaired) electrons. The summed E-state index contributed by atoms with van der Waals surface area (Å²) in [6, 6.07) is 8.46. The van der Waals surface area contributed by atoms with Gasteiger partial charge < -0.3 is 24.6 Å². The molecular weight excluding hydrogens is 460 g/mol. The van der Waals surface area contributed by atoms with Gasteiger partial charge in [0.25, 0.3) is 5.91 Å². The molecule has 2 amide bonds. The van der Waals surface area contributed by atoms with Crippen LogP contribution in [0.2, 0.25) is 0 Å². The Morgan fingerprint density at radius 2 is 1.94 bits per heavy atom. The minimum absolute atomic E-state index is 0.0599. The van der Waals surface area contributed by atoms with Gasteiger partial charge in [-0.05, 0) is 76.4 Å². The number of benzene rings is 1. The lowest BCUT2D eigenvalue weighted by Crippen LogP contribution is -2.40. The quantitative estimate of drug-likeness (QED) is 0.406. The highest BCUT2D eigenvalue weighted by molar-refractivity contribution is 6.06. The Balaban J connectivity index is 1.83. The molecule has 2 aromatic rings. The normalized spacial score (nSPS) is 13.0. The lowest BCUT2D eigenvalue weighted by molar-refractivity contribution is 0.0224. The van der Waals surface area contributed by atoms with Crippen molar-refractivity contribution in [2.75, 3.05) is 19.0 Å². The SMILES string of the molecule is COc1cc2c(cc1C(=O)Nc1cccc(C(=N)N(C=N)C(C)C)n1)CN(C(=O)OC(C)(C)C)CC2. The Hall–Kier alpha value is -3.95. The molecule has 3 rings (SSSR count). The van der Waals surface area contributed by atoms with Crippen LogP contribution in [0.4, 0.5) is 10.6 Å². The van der Waals surface area contributed by atoms with Gasteiger partial charge in [-0.15, -0.1) is 0 Å². The number of rotatable bonds is 6. The van der Waals surface area contributed by atoms with Crippen molar-refractivity contribution in [3.05, 3.63) is 52.7 Å². The lowest BCUT2D eigenvalue weighted by atomic mass is 9.96. The van der Waals surface area contributed by atoms with E-state index in [1.54, 1.807) is 29.2 Å². The number of carbonyl (C=O) groups excluding carboxylic acids is 2. The molecule has 1 aliphatic heterocycles. The standard InChI is InChI=1S/C26H34N6O4/c1-16(2)32(15-27)23(28)20-8-7-9-22(29-20)30-24(33)19-12-18-14-31(25(34)36-26(3,4)5)11-10-17(18)13-21(19)35-6/h7-9,12-13,15-16,27-28H,10-11,14H2,1-6H3,(H,29,30,33). The number of ether oxygens (including phenoxy) is 2. The minimum Gasteiger partial charge on any atom is -0.496 e. The summed E-state index contributed by atoms with van der Waals surface area (Å²) in [4.78, 5) is 33.3. The maximum absolute atomic E-state index is 13.2. The second-order valence-corrected chi connectivity index (χ2v) is 9.81. The molecule has 0 saturated carbocycles. The summed E-state index contributed by atoms with van der Waals surface area (Å²) in [7, 11) is 1.51. The zero-order valence-corrected chi connectivity index (χ0v) is 21.6. The summed E-state index contributed by atoms with van der Waals surface area (Å²) >= 11 is 0. The highest BCUT2D eigenvalue weighted by atomic mass is 16.6. The van der Waals surface area contributed by atoms with E-state index >= 15 is 0 Å². The molecule has 0 unspecified atom stereocenters. The molecule has 0 aliphatic carbocycles. The van der Waals surface area contributed by atoms with E-state index < -0.39 is 17.6 Å². The number of anilines is 1. The van der Waals surface area contributed by atoms with Crippen molar-refractivity contribution in [3.8, 4) is 5.75 Å². The average Bonchev–Trinajstić information content (AvgIpc) is 2.82. The van der Waals surface area contributed by atoms with E-state index in [1.807, 2.05) is 40.7 Å². The molecule has 0 fully saturated rings. The van der Waals surface area contributed by atoms with Crippen LogP contribution in [0.1, 0.15) is 61.8 Å². The smallest absolute Gasteiger partial charge is 0.410 e. The van der Waals surface area contributed by atoms with Gasteiger partial charge in [0.05, 0.1) is 19.0 Å². The summed E-state index contributed by atoms with van der Waals surface area (Å²) in [5.41, 5.74) is 1.91. The van der Waals surface area contributed by atoms with Gasteiger partial charge in [0.1, 0.15) is 22.9 Å². The molecule has 192 valence electrons. The fourth-order valence-corrected chi connectivity index (χ4v) is 3.84. The van der Waals surface area contributed by atoms with E-state index in [-0.39, 0.29) is 17.7 Å². The van der Waals surface area contributed by atoms with E-state index in [0.717, 1.165) is 17.5 Å². The van der Waals surface area contributed by atoms with Gasteiger partial charge in [0.15, 0.2) is 5.84 Å². The second kappa shape index (κ2) is 10.8. The molecule has 1 aromatic heterocycles. The van der Waals surface area contributed by atoms with Crippen molar-refractivity contribution in [2.45, 2.75) is 59.2 Å². The Kier molecular flexibility index (Phi) is 7.96. The molecule has 10 nitrogen and oxygen atoms in total. The van der Waals surface area contributed by atoms with Gasteiger partial charge in [-0.25, -0.2) is 9.78 Å². The van der Waals surface area contributed by atoms with Crippen LogP contribution < -0.4 is 10.1 Å². The molecule has 3 N–H and O–H groups in total. The Bertz CT molecular complexity index is 1170. The highest BCUT2D eigenvalue weighted by Gasteiger charge is 2.27. The molecule has 0 bridgehead atoms. The van der Waals surface area contributed by atoms with Gasteiger partial charge in [-0.2, -0.15) is 0 Å². The van der Waals surface area contributed by atoms with Crippen molar-refractivity contribution >= 4 is 30.0 Å². The molecule has 1 aliphatic rings. The molecule has 2 heterocycles. The van der Waals surface area contributed by atoms with E-state index in [2.05, 4.69) is 10.3 Å². The number of fused-ring (bicyclic) bond motifs is 1. The highest BCUT2D eigenvalue weighted by Crippen LogP contribution is 2.29.